The summed E-state index contributed by atoms with van der Waals surface area (Å²) in [5.74, 6) is 2.03. The number of carbonyl (C=O) groups excluding carboxylic acids is 1. The third-order valence-corrected chi connectivity index (χ3v) is 5.21. The maximum Gasteiger partial charge on any atom is 0.220 e. The fourth-order valence-electron chi connectivity index (χ4n) is 3.26. The number of nitrogens with one attached hydrogen (secondary N) is 1. The van der Waals surface area contributed by atoms with Crippen LogP contribution in [0.15, 0.2) is 24.3 Å². The van der Waals surface area contributed by atoms with Gasteiger partial charge in [-0.15, -0.1) is 0 Å². The summed E-state index contributed by atoms with van der Waals surface area (Å²) in [6.45, 7) is 9.67. The zero-order valence-electron chi connectivity index (χ0n) is 15.5. The van der Waals surface area contributed by atoms with E-state index in [1.807, 2.05) is 24.3 Å². The van der Waals surface area contributed by atoms with E-state index in [-0.39, 0.29) is 11.8 Å². The third-order valence-electron chi connectivity index (χ3n) is 5.21. The minimum absolute atomic E-state index is 0.135. The van der Waals surface area contributed by atoms with Crippen molar-refractivity contribution in [2.24, 2.45) is 5.92 Å². The van der Waals surface area contributed by atoms with Gasteiger partial charge in [-0.25, -0.2) is 0 Å². The zero-order valence-corrected chi connectivity index (χ0v) is 15.5. The van der Waals surface area contributed by atoms with Crippen molar-refractivity contribution >= 4 is 5.91 Å². The van der Waals surface area contributed by atoms with Crippen LogP contribution >= 0.6 is 0 Å². The average molecular weight is 332 g/mol. The van der Waals surface area contributed by atoms with E-state index in [1.165, 1.54) is 18.4 Å². The molecule has 134 valence electrons. The van der Waals surface area contributed by atoms with Gasteiger partial charge in [-0.2, -0.15) is 0 Å². The highest BCUT2D eigenvalue weighted by Crippen LogP contribution is 2.22. The largest absolute Gasteiger partial charge is 0.497 e. The second-order valence-electron chi connectivity index (χ2n) is 7.25. The summed E-state index contributed by atoms with van der Waals surface area (Å²) in [6, 6.07) is 8.38. The Hall–Kier alpha value is -1.55. The number of benzene rings is 1. The van der Waals surface area contributed by atoms with Crippen molar-refractivity contribution in [3.8, 4) is 5.75 Å². The molecule has 4 heteroatoms. The number of nitrogens with zero attached hydrogens (tertiary/aromatic N) is 1. The van der Waals surface area contributed by atoms with Gasteiger partial charge in [0, 0.05) is 19.0 Å². The Morgan fingerprint density at radius 2 is 1.88 bits per heavy atom. The number of likely N-dealkylation sites (tertiary alicyclic amines) is 1. The Morgan fingerprint density at radius 1 is 1.25 bits per heavy atom. The molecule has 24 heavy (non-hydrogen) atoms. The van der Waals surface area contributed by atoms with Gasteiger partial charge in [-0.3, -0.25) is 9.69 Å². The highest BCUT2D eigenvalue weighted by atomic mass is 16.5. The van der Waals surface area contributed by atoms with Crippen LogP contribution in [0, 0.1) is 5.92 Å². The number of amides is 1. The molecule has 1 aromatic carbocycles. The lowest BCUT2D eigenvalue weighted by Gasteiger charge is -2.35. The van der Waals surface area contributed by atoms with Crippen LogP contribution in [0.5, 0.6) is 5.75 Å². The zero-order chi connectivity index (χ0) is 17.5. The Bertz CT molecular complexity index is 507. The van der Waals surface area contributed by atoms with Crippen LogP contribution in [0.4, 0.5) is 0 Å². The molecule has 1 saturated heterocycles. The Balaban J connectivity index is 1.73. The van der Waals surface area contributed by atoms with E-state index in [4.69, 9.17) is 4.74 Å². The molecule has 2 unspecified atom stereocenters. The number of hydrogen-bond acceptors (Lipinski definition) is 3. The molecular formula is C20H32N2O2. The second kappa shape index (κ2) is 9.07. The molecule has 1 amide bonds. The minimum atomic E-state index is 0.135. The average Bonchev–Trinajstić information content (AvgIpc) is 2.60. The summed E-state index contributed by atoms with van der Waals surface area (Å²) in [5.41, 5.74) is 1.17. The number of rotatable bonds is 7. The lowest BCUT2D eigenvalue weighted by molar-refractivity contribution is -0.121. The number of piperidine rings is 1. The molecule has 2 atom stereocenters. The first kappa shape index (κ1) is 18.8. The number of hydrogen-bond donors (Lipinski definition) is 1. The first-order valence-corrected chi connectivity index (χ1v) is 9.14. The summed E-state index contributed by atoms with van der Waals surface area (Å²) in [7, 11) is 1.66. The van der Waals surface area contributed by atoms with Crippen LogP contribution in [0.3, 0.4) is 0 Å². The predicted molar refractivity (Wildman–Crippen MR) is 98.5 cm³/mol. The van der Waals surface area contributed by atoms with E-state index >= 15 is 0 Å². The Labute approximate surface area is 146 Å². The maximum atomic E-state index is 12.2. The number of ether oxygens (including phenoxy) is 1. The molecule has 1 aliphatic rings. The van der Waals surface area contributed by atoms with Gasteiger partial charge < -0.3 is 10.1 Å². The van der Waals surface area contributed by atoms with Crippen molar-refractivity contribution in [1.82, 2.24) is 10.2 Å². The topological polar surface area (TPSA) is 41.6 Å². The normalized spacial score (nSPS) is 18.8. The van der Waals surface area contributed by atoms with E-state index in [0.717, 1.165) is 31.3 Å². The third kappa shape index (κ3) is 5.52. The first-order chi connectivity index (χ1) is 11.5. The van der Waals surface area contributed by atoms with E-state index in [0.29, 0.717) is 12.5 Å². The minimum Gasteiger partial charge on any atom is -0.497 e. The Kier molecular flexibility index (Phi) is 7.10. The SMILES string of the molecule is COc1ccc(C(C)CC(=O)NCC(C)N2CCC(C)CC2)cc1. The molecule has 0 saturated carbocycles. The van der Waals surface area contributed by atoms with Crippen molar-refractivity contribution in [2.75, 3.05) is 26.7 Å². The summed E-state index contributed by atoms with van der Waals surface area (Å²) in [4.78, 5) is 14.7. The van der Waals surface area contributed by atoms with E-state index < -0.39 is 0 Å². The molecule has 1 heterocycles. The van der Waals surface area contributed by atoms with Gasteiger partial charge in [0.05, 0.1) is 7.11 Å². The molecule has 0 aliphatic carbocycles. The van der Waals surface area contributed by atoms with Crippen LogP contribution in [0.1, 0.15) is 51.5 Å². The van der Waals surface area contributed by atoms with Crippen molar-refractivity contribution in [1.29, 1.82) is 0 Å². The van der Waals surface area contributed by atoms with Crippen molar-refractivity contribution < 1.29 is 9.53 Å². The van der Waals surface area contributed by atoms with Gasteiger partial charge in [-0.05, 0) is 62.4 Å². The lowest BCUT2D eigenvalue weighted by atomic mass is 9.97. The van der Waals surface area contributed by atoms with Gasteiger partial charge >= 0.3 is 0 Å². The van der Waals surface area contributed by atoms with Crippen LogP contribution in [-0.4, -0.2) is 43.6 Å². The molecule has 0 aromatic heterocycles. The second-order valence-corrected chi connectivity index (χ2v) is 7.25. The first-order valence-electron chi connectivity index (χ1n) is 9.14. The fourth-order valence-corrected chi connectivity index (χ4v) is 3.26. The molecule has 1 fully saturated rings. The summed E-state index contributed by atoms with van der Waals surface area (Å²) < 4.78 is 5.18. The quantitative estimate of drug-likeness (QED) is 0.832. The van der Waals surface area contributed by atoms with Gasteiger partial charge in [0.2, 0.25) is 5.91 Å². The van der Waals surface area contributed by atoms with Gasteiger partial charge in [0.25, 0.3) is 0 Å². The number of methoxy groups -OCH3 is 1. The standard InChI is InChI=1S/C20H32N2O2/c1-15-9-11-22(12-10-15)17(3)14-21-20(23)13-16(2)18-5-7-19(24-4)8-6-18/h5-8,15-17H,9-14H2,1-4H3,(H,21,23). The van der Waals surface area contributed by atoms with Crippen LogP contribution < -0.4 is 10.1 Å². The van der Waals surface area contributed by atoms with Gasteiger partial charge in [0.1, 0.15) is 5.75 Å². The van der Waals surface area contributed by atoms with Crippen molar-refractivity contribution in [3.05, 3.63) is 29.8 Å². The Morgan fingerprint density at radius 3 is 2.46 bits per heavy atom. The molecule has 0 spiro atoms. The summed E-state index contributed by atoms with van der Waals surface area (Å²) in [6.07, 6.45) is 3.07. The summed E-state index contributed by atoms with van der Waals surface area (Å²) in [5, 5.41) is 3.11. The molecule has 1 aromatic rings. The smallest absolute Gasteiger partial charge is 0.220 e. The molecule has 1 N–H and O–H groups in total. The molecular weight excluding hydrogens is 300 g/mol. The highest BCUT2D eigenvalue weighted by Gasteiger charge is 2.20. The number of carbonyl (C=O) groups is 1. The molecule has 1 aliphatic heterocycles. The van der Waals surface area contributed by atoms with E-state index in [1.54, 1.807) is 7.11 Å². The van der Waals surface area contributed by atoms with Crippen molar-refractivity contribution in [2.45, 2.75) is 52.0 Å². The molecule has 0 bridgehead atoms. The summed E-state index contributed by atoms with van der Waals surface area (Å²) >= 11 is 0. The van der Waals surface area contributed by atoms with Crippen LogP contribution in [0.2, 0.25) is 0 Å². The van der Waals surface area contributed by atoms with Crippen LogP contribution in [0.25, 0.3) is 0 Å². The monoisotopic (exact) mass is 332 g/mol. The molecule has 0 radical (unpaired) electrons. The van der Waals surface area contributed by atoms with Gasteiger partial charge in [0.15, 0.2) is 0 Å². The van der Waals surface area contributed by atoms with E-state index in [9.17, 15) is 4.79 Å². The highest BCUT2D eigenvalue weighted by molar-refractivity contribution is 5.76. The predicted octanol–water partition coefficient (Wildman–Crippen LogP) is 3.43. The van der Waals surface area contributed by atoms with Gasteiger partial charge in [-0.1, -0.05) is 26.0 Å². The lowest BCUT2D eigenvalue weighted by Crippen LogP contribution is -2.45. The van der Waals surface area contributed by atoms with Crippen molar-refractivity contribution in [3.63, 3.8) is 0 Å². The van der Waals surface area contributed by atoms with E-state index in [2.05, 4.69) is 31.0 Å². The molecule has 2 rings (SSSR count). The fraction of sp³-hybridized carbons (Fsp3) is 0.650. The van der Waals surface area contributed by atoms with Crippen LogP contribution in [-0.2, 0) is 4.79 Å². The maximum absolute atomic E-state index is 12.2. The molecule has 4 nitrogen and oxygen atoms in total.